The van der Waals surface area contributed by atoms with Crippen LogP contribution in [0.5, 0.6) is 5.75 Å². The van der Waals surface area contributed by atoms with Gasteiger partial charge in [-0.2, -0.15) is 13.2 Å². The van der Waals surface area contributed by atoms with Crippen molar-refractivity contribution in [3.8, 4) is 5.75 Å². The van der Waals surface area contributed by atoms with Gasteiger partial charge in [0, 0.05) is 19.7 Å². The Kier molecular flexibility index (Phi) is 6.84. The maximum absolute atomic E-state index is 13.3. The van der Waals surface area contributed by atoms with Crippen LogP contribution in [0.15, 0.2) is 41.3 Å². The monoisotopic (exact) mass is 474 g/mol. The van der Waals surface area contributed by atoms with Crippen LogP contribution < -0.4 is 14.4 Å². The van der Waals surface area contributed by atoms with Gasteiger partial charge >= 0.3 is 12.1 Å². The lowest BCUT2D eigenvalue weighted by molar-refractivity contribution is -0.137. The Bertz CT molecular complexity index is 1100. The van der Waals surface area contributed by atoms with Crippen molar-refractivity contribution >= 4 is 27.4 Å². The van der Waals surface area contributed by atoms with E-state index in [2.05, 4.69) is 4.72 Å². The van der Waals surface area contributed by atoms with Gasteiger partial charge in [-0.05, 0) is 42.8 Å². The molecule has 0 bridgehead atoms. The number of carbonyl (C=O) groups is 1. The Hall–Kier alpha value is -2.99. The van der Waals surface area contributed by atoms with E-state index in [1.54, 1.807) is 4.90 Å². The lowest BCUT2D eigenvalue weighted by Crippen LogP contribution is -2.28. The van der Waals surface area contributed by atoms with Crippen LogP contribution in [0.4, 0.5) is 24.5 Å². The molecule has 1 aliphatic rings. The quantitative estimate of drug-likeness (QED) is 0.661. The Morgan fingerprint density at radius 3 is 2.56 bits per heavy atom. The molecule has 0 saturated carbocycles. The largest absolute Gasteiger partial charge is 0.495 e. The highest BCUT2D eigenvalue weighted by atomic mass is 32.2. The van der Waals surface area contributed by atoms with Crippen molar-refractivity contribution in [3.05, 3.63) is 47.5 Å². The van der Waals surface area contributed by atoms with Crippen LogP contribution in [0.3, 0.4) is 0 Å². The molecule has 2 aromatic rings. The number of sulfonamides is 1. The summed E-state index contributed by atoms with van der Waals surface area (Å²) < 4.78 is 78.8. The summed E-state index contributed by atoms with van der Waals surface area (Å²) in [4.78, 5) is 12.5. The highest BCUT2D eigenvalue weighted by molar-refractivity contribution is 7.92. The van der Waals surface area contributed by atoms with Crippen LogP contribution in [0, 0.1) is 0 Å². The predicted octanol–water partition coefficient (Wildman–Crippen LogP) is 3.44. The van der Waals surface area contributed by atoms with Crippen molar-refractivity contribution in [1.82, 2.24) is 0 Å². The first kappa shape index (κ1) is 23.7. The van der Waals surface area contributed by atoms with Crippen molar-refractivity contribution in [2.45, 2.75) is 17.5 Å². The van der Waals surface area contributed by atoms with Gasteiger partial charge in [-0.1, -0.05) is 0 Å². The molecule has 1 aliphatic heterocycles. The first-order valence-corrected chi connectivity index (χ1v) is 11.0. The summed E-state index contributed by atoms with van der Waals surface area (Å²) in [7, 11) is -3.31. The third kappa shape index (κ3) is 5.25. The van der Waals surface area contributed by atoms with E-state index in [-0.39, 0.29) is 22.7 Å². The lowest BCUT2D eigenvalue weighted by Gasteiger charge is -2.26. The minimum absolute atomic E-state index is 0.154. The Morgan fingerprint density at radius 2 is 1.91 bits per heavy atom. The van der Waals surface area contributed by atoms with Gasteiger partial charge in [0.15, 0.2) is 0 Å². The van der Waals surface area contributed by atoms with Gasteiger partial charge in [-0.3, -0.25) is 4.72 Å². The summed E-state index contributed by atoms with van der Waals surface area (Å²) in [5, 5.41) is 9.20. The number of nitrogens with one attached hydrogen (secondary N) is 1. The third-order valence-corrected chi connectivity index (χ3v) is 6.22. The number of benzene rings is 2. The average Bonchev–Trinajstić information content (AvgIpc) is 3.01. The molecule has 0 radical (unpaired) electrons. The molecule has 32 heavy (non-hydrogen) atoms. The summed E-state index contributed by atoms with van der Waals surface area (Å²) in [5.74, 6) is -1.52. The molecule has 0 amide bonds. The zero-order chi connectivity index (χ0) is 23.5. The number of carboxylic acids is 1. The summed E-state index contributed by atoms with van der Waals surface area (Å²) in [5.41, 5.74) is -1.39. The predicted molar refractivity (Wildman–Crippen MR) is 110 cm³/mol. The number of ether oxygens (including phenoxy) is 2. The van der Waals surface area contributed by atoms with Gasteiger partial charge in [0.25, 0.3) is 10.0 Å². The number of hydrogen-bond acceptors (Lipinski definition) is 6. The summed E-state index contributed by atoms with van der Waals surface area (Å²) in [6.07, 6.45) is -4.08. The number of alkyl halides is 3. The number of halogens is 3. The first-order valence-electron chi connectivity index (χ1n) is 9.51. The van der Waals surface area contributed by atoms with Crippen molar-refractivity contribution in [2.24, 2.45) is 0 Å². The number of rotatable bonds is 6. The minimum Gasteiger partial charge on any atom is -0.495 e. The maximum atomic E-state index is 13.3. The van der Waals surface area contributed by atoms with Gasteiger partial charge in [-0.15, -0.1) is 0 Å². The van der Waals surface area contributed by atoms with Crippen molar-refractivity contribution in [3.63, 3.8) is 0 Å². The first-order chi connectivity index (χ1) is 15.0. The highest BCUT2D eigenvalue weighted by Gasteiger charge is 2.32. The second kappa shape index (κ2) is 9.25. The zero-order valence-electron chi connectivity index (χ0n) is 17.0. The Balaban J connectivity index is 2.09. The van der Waals surface area contributed by atoms with E-state index in [0.29, 0.717) is 38.8 Å². The third-order valence-electron chi connectivity index (χ3n) is 4.83. The topological polar surface area (TPSA) is 105 Å². The molecule has 8 nitrogen and oxygen atoms in total. The number of hydrogen-bond donors (Lipinski definition) is 2. The SMILES string of the molecule is COc1ccc(C(=O)O)cc1S(=O)(=O)Nc1cc(C(F)(F)F)ccc1N1CCCOCC1. The number of aromatic carboxylic acids is 1. The zero-order valence-corrected chi connectivity index (χ0v) is 17.8. The fourth-order valence-electron chi connectivity index (χ4n) is 3.28. The van der Waals surface area contributed by atoms with Gasteiger partial charge in [0.05, 0.1) is 36.2 Å². The van der Waals surface area contributed by atoms with E-state index in [4.69, 9.17) is 9.47 Å². The van der Waals surface area contributed by atoms with Crippen molar-refractivity contribution in [1.29, 1.82) is 0 Å². The molecule has 12 heteroatoms. The van der Waals surface area contributed by atoms with E-state index in [1.165, 1.54) is 13.2 Å². The summed E-state index contributed by atoms with van der Waals surface area (Å²) in [6.45, 7) is 1.63. The van der Waals surface area contributed by atoms with Crippen LogP contribution >= 0.6 is 0 Å². The van der Waals surface area contributed by atoms with E-state index in [1.807, 2.05) is 0 Å². The number of nitrogens with zero attached hydrogens (tertiary/aromatic N) is 1. The van der Waals surface area contributed by atoms with Crippen LogP contribution in [-0.4, -0.2) is 52.9 Å². The van der Waals surface area contributed by atoms with E-state index in [0.717, 1.165) is 24.3 Å². The number of anilines is 2. The molecule has 0 aromatic heterocycles. The second-order valence-electron chi connectivity index (χ2n) is 6.96. The van der Waals surface area contributed by atoms with Crippen LogP contribution in [-0.2, 0) is 20.9 Å². The maximum Gasteiger partial charge on any atom is 0.416 e. The van der Waals surface area contributed by atoms with E-state index >= 15 is 0 Å². The van der Waals surface area contributed by atoms with Gasteiger partial charge in [0.2, 0.25) is 0 Å². The molecule has 0 unspecified atom stereocenters. The molecule has 0 aliphatic carbocycles. The Morgan fingerprint density at radius 1 is 1.16 bits per heavy atom. The van der Waals surface area contributed by atoms with Crippen LogP contribution in [0.1, 0.15) is 22.3 Å². The van der Waals surface area contributed by atoms with Gasteiger partial charge < -0.3 is 19.5 Å². The lowest BCUT2D eigenvalue weighted by atomic mass is 10.1. The molecule has 0 spiro atoms. The molecule has 2 aromatic carbocycles. The van der Waals surface area contributed by atoms with Crippen LogP contribution in [0.2, 0.25) is 0 Å². The summed E-state index contributed by atoms with van der Waals surface area (Å²) >= 11 is 0. The second-order valence-corrected chi connectivity index (χ2v) is 8.61. The molecule has 1 heterocycles. The highest BCUT2D eigenvalue weighted by Crippen LogP contribution is 2.37. The number of carboxylic acid groups (broad SMARTS) is 1. The van der Waals surface area contributed by atoms with Crippen LogP contribution in [0.25, 0.3) is 0 Å². The van der Waals surface area contributed by atoms with Gasteiger partial charge in [-0.25, -0.2) is 13.2 Å². The van der Waals surface area contributed by atoms with E-state index in [9.17, 15) is 31.5 Å². The molecule has 1 saturated heterocycles. The molecule has 174 valence electrons. The fourth-order valence-corrected chi connectivity index (χ4v) is 4.54. The normalized spacial score (nSPS) is 15.2. The molecule has 3 rings (SSSR count). The molecular weight excluding hydrogens is 453 g/mol. The molecule has 0 atom stereocenters. The standard InChI is InChI=1S/C20H21F3N2O6S/c1-30-17-6-3-13(19(26)27)11-18(17)32(28,29)24-15-12-14(20(21,22)23)4-5-16(15)25-7-2-9-31-10-8-25/h3-6,11-12,24H,2,7-10H2,1H3,(H,26,27). The summed E-state index contributed by atoms with van der Waals surface area (Å²) in [6, 6.07) is 6.01. The minimum atomic E-state index is -4.69. The average molecular weight is 474 g/mol. The smallest absolute Gasteiger partial charge is 0.416 e. The van der Waals surface area contributed by atoms with E-state index < -0.39 is 32.6 Å². The fraction of sp³-hybridized carbons (Fsp3) is 0.350. The number of methoxy groups -OCH3 is 1. The van der Waals surface area contributed by atoms with Gasteiger partial charge in [0.1, 0.15) is 10.6 Å². The Labute approximate surface area is 182 Å². The van der Waals surface area contributed by atoms with Crippen molar-refractivity contribution in [2.75, 3.05) is 43.0 Å². The molecule has 1 fully saturated rings. The molecule has 2 N–H and O–H groups in total. The van der Waals surface area contributed by atoms with Crippen molar-refractivity contribution < 1.29 is 41.0 Å². The molecular formula is C20H21F3N2O6S.